The van der Waals surface area contributed by atoms with E-state index in [0.717, 1.165) is 28.0 Å². The fourth-order valence-corrected chi connectivity index (χ4v) is 1.80. The number of halogens is 1. The summed E-state index contributed by atoms with van der Waals surface area (Å²) in [6.07, 6.45) is 1.79. The Bertz CT molecular complexity index is 497. The van der Waals surface area contributed by atoms with Crippen LogP contribution in [0.5, 0.6) is 0 Å². The molecule has 1 aromatic heterocycles. The van der Waals surface area contributed by atoms with Crippen LogP contribution in [0.4, 0.5) is 0 Å². The molecule has 0 spiro atoms. The average molecular weight is 236 g/mol. The van der Waals surface area contributed by atoms with Crippen LogP contribution >= 0.6 is 11.6 Å². The largest absolute Gasteiger partial charge is 0.256 e. The van der Waals surface area contributed by atoms with E-state index in [2.05, 4.69) is 10.4 Å². The molecule has 0 unspecified atom stereocenters. The normalized spacial score (nSPS) is 11.2. The molecule has 0 bridgehead atoms. The van der Waals surface area contributed by atoms with E-state index < -0.39 is 0 Å². The van der Waals surface area contributed by atoms with Gasteiger partial charge in [-0.05, 0) is 23.8 Å². The van der Waals surface area contributed by atoms with Gasteiger partial charge in [0.05, 0.1) is 5.52 Å². The first-order chi connectivity index (χ1) is 7.68. The average Bonchev–Trinajstić information content (AvgIpc) is 2.28. The summed E-state index contributed by atoms with van der Waals surface area (Å²) in [5.41, 5.74) is 5.33. The maximum atomic E-state index is 6.12. The second-order valence-corrected chi connectivity index (χ2v) is 4.24. The maximum Gasteiger partial charge on any atom is 0.0762 e. The van der Waals surface area contributed by atoms with E-state index in [0.29, 0.717) is 0 Å². The van der Waals surface area contributed by atoms with Crippen molar-refractivity contribution in [3.8, 4) is 0 Å². The zero-order chi connectivity index (χ0) is 11.5. The lowest BCUT2D eigenvalue weighted by molar-refractivity contribution is 0.286. The molecule has 16 heavy (non-hydrogen) atoms. The maximum absolute atomic E-state index is 6.12. The number of pyridine rings is 1. The van der Waals surface area contributed by atoms with Crippen molar-refractivity contribution in [2.75, 3.05) is 14.1 Å². The van der Waals surface area contributed by atoms with Crippen LogP contribution in [0.2, 0.25) is 5.02 Å². The van der Waals surface area contributed by atoms with Crippen molar-refractivity contribution in [1.82, 2.24) is 15.4 Å². The third kappa shape index (κ3) is 2.32. The fourth-order valence-electron chi connectivity index (χ4n) is 1.58. The van der Waals surface area contributed by atoms with Gasteiger partial charge in [0.1, 0.15) is 0 Å². The summed E-state index contributed by atoms with van der Waals surface area (Å²) >= 11 is 6.12. The van der Waals surface area contributed by atoms with Gasteiger partial charge in [0.15, 0.2) is 0 Å². The van der Waals surface area contributed by atoms with Crippen molar-refractivity contribution in [3.63, 3.8) is 0 Å². The smallest absolute Gasteiger partial charge is 0.0762 e. The highest BCUT2D eigenvalue weighted by Crippen LogP contribution is 2.24. The Morgan fingerprint density at radius 3 is 2.88 bits per heavy atom. The van der Waals surface area contributed by atoms with Crippen LogP contribution in [0.3, 0.4) is 0 Å². The summed E-state index contributed by atoms with van der Waals surface area (Å²) < 4.78 is 0. The van der Waals surface area contributed by atoms with Crippen molar-refractivity contribution < 1.29 is 0 Å². The molecule has 1 N–H and O–H groups in total. The fraction of sp³-hybridized carbons (Fsp3) is 0.250. The minimum absolute atomic E-state index is 0.747. The predicted molar refractivity (Wildman–Crippen MR) is 67.3 cm³/mol. The number of nitrogens with one attached hydrogen (secondary N) is 1. The van der Waals surface area contributed by atoms with E-state index in [1.807, 2.05) is 43.4 Å². The summed E-state index contributed by atoms with van der Waals surface area (Å²) in [4.78, 5) is 4.38. The Hall–Kier alpha value is -1.16. The molecular weight excluding hydrogens is 222 g/mol. The molecule has 0 amide bonds. The topological polar surface area (TPSA) is 28.2 Å². The third-order valence-corrected chi connectivity index (χ3v) is 2.72. The summed E-state index contributed by atoms with van der Waals surface area (Å²) in [6.45, 7) is 0.748. The monoisotopic (exact) mass is 235 g/mol. The first kappa shape index (κ1) is 11.3. The molecule has 4 heteroatoms. The lowest BCUT2D eigenvalue weighted by Crippen LogP contribution is -2.29. The van der Waals surface area contributed by atoms with Crippen molar-refractivity contribution in [2.24, 2.45) is 0 Å². The lowest BCUT2D eigenvalue weighted by Gasteiger charge is -2.13. The molecular formula is C12H14ClN3. The van der Waals surface area contributed by atoms with Crippen molar-refractivity contribution in [3.05, 3.63) is 41.0 Å². The second-order valence-electron chi connectivity index (χ2n) is 3.84. The van der Waals surface area contributed by atoms with Crippen molar-refractivity contribution in [1.29, 1.82) is 0 Å². The zero-order valence-electron chi connectivity index (χ0n) is 9.37. The van der Waals surface area contributed by atoms with E-state index in [4.69, 9.17) is 11.6 Å². The Balaban J connectivity index is 2.42. The Morgan fingerprint density at radius 2 is 2.12 bits per heavy atom. The molecule has 3 nitrogen and oxygen atoms in total. The van der Waals surface area contributed by atoms with Gasteiger partial charge < -0.3 is 0 Å². The molecule has 0 fully saturated rings. The minimum atomic E-state index is 0.747. The number of hydrogen-bond donors (Lipinski definition) is 1. The zero-order valence-corrected chi connectivity index (χ0v) is 10.1. The minimum Gasteiger partial charge on any atom is -0.256 e. The molecule has 1 heterocycles. The van der Waals surface area contributed by atoms with Gasteiger partial charge in [0.2, 0.25) is 0 Å². The third-order valence-electron chi connectivity index (χ3n) is 2.39. The number of rotatable bonds is 3. The van der Waals surface area contributed by atoms with Gasteiger partial charge in [-0.2, -0.15) is 0 Å². The Morgan fingerprint density at radius 1 is 1.31 bits per heavy atom. The van der Waals surface area contributed by atoms with Gasteiger partial charge in [-0.3, -0.25) is 15.4 Å². The number of nitrogens with zero attached hydrogens (tertiary/aromatic N) is 2. The summed E-state index contributed by atoms with van der Waals surface area (Å²) in [7, 11) is 3.93. The van der Waals surface area contributed by atoms with Gasteiger partial charge in [-0.15, -0.1) is 0 Å². The molecule has 0 atom stereocenters. The van der Waals surface area contributed by atoms with E-state index in [1.165, 1.54) is 0 Å². The second kappa shape index (κ2) is 4.78. The molecule has 0 aliphatic carbocycles. The highest BCUT2D eigenvalue weighted by atomic mass is 35.5. The van der Waals surface area contributed by atoms with Crippen LogP contribution in [0.25, 0.3) is 10.9 Å². The van der Waals surface area contributed by atoms with Crippen LogP contribution in [-0.2, 0) is 6.54 Å². The Labute approximate surface area is 100 Å². The lowest BCUT2D eigenvalue weighted by atomic mass is 10.1. The van der Waals surface area contributed by atoms with Gasteiger partial charge in [0.25, 0.3) is 0 Å². The van der Waals surface area contributed by atoms with Crippen LogP contribution in [0, 0.1) is 0 Å². The van der Waals surface area contributed by atoms with E-state index in [1.54, 1.807) is 6.20 Å². The predicted octanol–water partition coefficient (Wildman–Crippen LogP) is 2.45. The number of fused-ring (bicyclic) bond motifs is 1. The van der Waals surface area contributed by atoms with Crippen molar-refractivity contribution >= 4 is 22.5 Å². The molecule has 0 radical (unpaired) electrons. The summed E-state index contributed by atoms with van der Waals surface area (Å²) in [6, 6.07) is 7.81. The van der Waals surface area contributed by atoms with Crippen LogP contribution < -0.4 is 5.43 Å². The van der Waals surface area contributed by atoms with Gasteiger partial charge >= 0.3 is 0 Å². The highest BCUT2D eigenvalue weighted by molar-refractivity contribution is 6.35. The first-order valence-corrected chi connectivity index (χ1v) is 5.49. The standard InChI is InChI=1S/C12H14ClN3/c1-16(2)15-8-9-5-6-11(13)10-4-3-7-14-12(9)10/h3-7,15H,8H2,1-2H3. The summed E-state index contributed by atoms with van der Waals surface area (Å²) in [5.74, 6) is 0. The molecule has 1 aromatic carbocycles. The highest BCUT2D eigenvalue weighted by Gasteiger charge is 2.05. The quantitative estimate of drug-likeness (QED) is 0.829. The molecule has 0 saturated carbocycles. The SMILES string of the molecule is CN(C)NCc1ccc(Cl)c2cccnc12. The molecule has 84 valence electrons. The molecule has 2 aromatic rings. The Kier molecular flexibility index (Phi) is 3.39. The number of hydrazine groups is 1. The number of aromatic nitrogens is 1. The number of hydrogen-bond acceptors (Lipinski definition) is 3. The van der Waals surface area contributed by atoms with Crippen LogP contribution in [0.15, 0.2) is 30.5 Å². The van der Waals surface area contributed by atoms with E-state index in [-0.39, 0.29) is 0 Å². The van der Waals surface area contributed by atoms with Gasteiger partial charge in [-0.25, -0.2) is 0 Å². The van der Waals surface area contributed by atoms with E-state index >= 15 is 0 Å². The molecule has 0 aliphatic heterocycles. The summed E-state index contributed by atoms with van der Waals surface area (Å²) in [5, 5.41) is 3.67. The van der Waals surface area contributed by atoms with Gasteiger partial charge in [0, 0.05) is 37.2 Å². The van der Waals surface area contributed by atoms with E-state index in [9.17, 15) is 0 Å². The van der Waals surface area contributed by atoms with Crippen molar-refractivity contribution in [2.45, 2.75) is 6.54 Å². The first-order valence-electron chi connectivity index (χ1n) is 5.11. The molecule has 0 saturated heterocycles. The van der Waals surface area contributed by atoms with Crippen LogP contribution in [0.1, 0.15) is 5.56 Å². The molecule has 2 rings (SSSR count). The molecule has 0 aliphatic rings. The van der Waals surface area contributed by atoms with Gasteiger partial charge in [-0.1, -0.05) is 17.7 Å². The van der Waals surface area contributed by atoms with Crippen LogP contribution in [-0.4, -0.2) is 24.1 Å². The number of benzene rings is 1.